The van der Waals surface area contributed by atoms with Crippen molar-refractivity contribution in [2.75, 3.05) is 26.2 Å². The summed E-state index contributed by atoms with van der Waals surface area (Å²) in [5.41, 5.74) is 6.82. The minimum absolute atomic E-state index is 0. The molecule has 0 radical (unpaired) electrons. The van der Waals surface area contributed by atoms with Crippen molar-refractivity contribution in [3.63, 3.8) is 0 Å². The van der Waals surface area contributed by atoms with E-state index in [2.05, 4.69) is 25.5 Å². The molecular weight excluding hydrogens is 374 g/mol. The predicted molar refractivity (Wildman–Crippen MR) is 106 cm³/mol. The lowest BCUT2D eigenvalue weighted by Crippen LogP contribution is -2.36. The molecule has 0 aliphatic carbocycles. The monoisotopic (exact) mass is 403 g/mol. The molecule has 2 rings (SSSR count). The predicted octanol–water partition coefficient (Wildman–Crippen LogP) is 2.10. The van der Waals surface area contributed by atoms with E-state index in [-0.39, 0.29) is 41.6 Å². The van der Waals surface area contributed by atoms with Crippen molar-refractivity contribution in [3.05, 3.63) is 29.8 Å². The van der Waals surface area contributed by atoms with Crippen LogP contribution in [-0.2, 0) is 14.8 Å². The summed E-state index contributed by atoms with van der Waals surface area (Å²) in [6, 6.07) is 6.85. The average molecular weight is 404 g/mol. The lowest BCUT2D eigenvalue weighted by atomic mass is 9.90. The molecule has 0 saturated carbocycles. The van der Waals surface area contributed by atoms with Crippen LogP contribution in [0.15, 0.2) is 29.2 Å². The maximum atomic E-state index is 12.3. The summed E-state index contributed by atoms with van der Waals surface area (Å²) in [5.74, 6) is 0.317. The van der Waals surface area contributed by atoms with Crippen LogP contribution in [0.25, 0.3) is 0 Å². The molecule has 1 aliphatic rings. The summed E-state index contributed by atoms with van der Waals surface area (Å²) in [6.45, 7) is 8.17. The Hall–Kier alpha value is -1.15. The fraction of sp³-hybridized carbons (Fsp3) is 0.611. The molecule has 1 atom stereocenters. The molecule has 26 heavy (non-hydrogen) atoms. The van der Waals surface area contributed by atoms with Crippen molar-refractivity contribution in [1.82, 2.24) is 9.62 Å². The molecule has 8 heteroatoms. The molecule has 1 aliphatic heterocycles. The Bertz CT molecular complexity index is 707. The second kappa shape index (κ2) is 9.17. The largest absolute Gasteiger partial charge is 0.342 e. The molecule has 1 aromatic rings. The average Bonchev–Trinajstić information content (AvgIpc) is 2.98. The summed E-state index contributed by atoms with van der Waals surface area (Å²) >= 11 is 0. The number of sulfonamides is 1. The molecule has 148 valence electrons. The molecule has 1 fully saturated rings. The lowest BCUT2D eigenvalue weighted by molar-refractivity contribution is -0.130. The van der Waals surface area contributed by atoms with E-state index >= 15 is 0 Å². The van der Waals surface area contributed by atoms with E-state index in [9.17, 15) is 13.2 Å². The van der Waals surface area contributed by atoms with Gasteiger partial charge in [-0.2, -0.15) is 0 Å². The van der Waals surface area contributed by atoms with Crippen molar-refractivity contribution in [2.45, 2.75) is 44.4 Å². The number of halogens is 1. The van der Waals surface area contributed by atoms with Gasteiger partial charge in [0.05, 0.1) is 4.90 Å². The Morgan fingerprint density at radius 3 is 2.42 bits per heavy atom. The van der Waals surface area contributed by atoms with Crippen LogP contribution in [0.1, 0.15) is 45.1 Å². The summed E-state index contributed by atoms with van der Waals surface area (Å²) in [4.78, 5) is 14.2. The van der Waals surface area contributed by atoms with E-state index in [1.54, 1.807) is 17.0 Å². The molecule has 0 bridgehead atoms. The fourth-order valence-corrected chi connectivity index (χ4v) is 4.00. The number of nitrogens with two attached hydrogens (primary N) is 1. The molecule has 3 N–H and O–H groups in total. The van der Waals surface area contributed by atoms with Crippen molar-refractivity contribution in [2.24, 2.45) is 11.1 Å². The van der Waals surface area contributed by atoms with Crippen molar-refractivity contribution >= 4 is 28.3 Å². The van der Waals surface area contributed by atoms with Crippen LogP contribution in [-0.4, -0.2) is 45.4 Å². The van der Waals surface area contributed by atoms with E-state index in [0.717, 1.165) is 12.0 Å². The van der Waals surface area contributed by atoms with Gasteiger partial charge in [0.15, 0.2) is 0 Å². The first-order chi connectivity index (χ1) is 11.7. The maximum absolute atomic E-state index is 12.3. The third kappa shape index (κ3) is 5.67. The van der Waals surface area contributed by atoms with Gasteiger partial charge in [-0.05, 0) is 42.0 Å². The highest BCUT2D eigenvalue weighted by Gasteiger charge is 2.34. The van der Waals surface area contributed by atoms with Gasteiger partial charge in [-0.15, -0.1) is 12.4 Å². The number of nitrogens with zero attached hydrogens (tertiary/aromatic N) is 1. The first-order valence-electron chi connectivity index (χ1n) is 8.74. The van der Waals surface area contributed by atoms with Crippen molar-refractivity contribution in [3.8, 4) is 0 Å². The molecule has 1 saturated heterocycles. The molecule has 1 heterocycles. The van der Waals surface area contributed by atoms with Crippen molar-refractivity contribution in [1.29, 1.82) is 0 Å². The molecule has 1 unspecified atom stereocenters. The number of likely N-dealkylation sites (tertiary alicyclic amines) is 1. The van der Waals surface area contributed by atoms with Gasteiger partial charge < -0.3 is 10.6 Å². The number of rotatable bonds is 7. The van der Waals surface area contributed by atoms with Gasteiger partial charge in [-0.1, -0.05) is 32.9 Å². The Balaban J connectivity index is 0.00000338. The Morgan fingerprint density at radius 1 is 1.31 bits per heavy atom. The van der Waals surface area contributed by atoms with E-state index in [1.807, 2.05) is 12.1 Å². The Morgan fingerprint density at radius 2 is 1.92 bits per heavy atom. The smallest absolute Gasteiger partial charge is 0.240 e. The minimum Gasteiger partial charge on any atom is -0.342 e. The number of nitrogens with one attached hydrogen (secondary N) is 1. The third-order valence-electron chi connectivity index (χ3n) is 4.89. The van der Waals surface area contributed by atoms with E-state index < -0.39 is 10.0 Å². The van der Waals surface area contributed by atoms with Gasteiger partial charge in [-0.25, -0.2) is 13.1 Å². The van der Waals surface area contributed by atoms with Gasteiger partial charge in [-0.3, -0.25) is 4.79 Å². The summed E-state index contributed by atoms with van der Waals surface area (Å²) in [7, 11) is -3.59. The Kier molecular flexibility index (Phi) is 8.07. The zero-order valence-electron chi connectivity index (χ0n) is 15.7. The summed E-state index contributed by atoms with van der Waals surface area (Å²) in [5, 5.41) is 0. The van der Waals surface area contributed by atoms with Crippen LogP contribution in [0.2, 0.25) is 0 Å². The topological polar surface area (TPSA) is 92.5 Å². The minimum atomic E-state index is -3.59. The second-order valence-corrected chi connectivity index (χ2v) is 9.22. The quantitative estimate of drug-likeness (QED) is 0.729. The van der Waals surface area contributed by atoms with Crippen molar-refractivity contribution < 1.29 is 13.2 Å². The van der Waals surface area contributed by atoms with Gasteiger partial charge in [0, 0.05) is 26.1 Å². The highest BCUT2D eigenvalue weighted by Crippen LogP contribution is 2.28. The Labute approximate surface area is 163 Å². The first kappa shape index (κ1) is 22.9. The van der Waals surface area contributed by atoms with E-state index in [4.69, 9.17) is 5.73 Å². The van der Waals surface area contributed by atoms with Gasteiger partial charge >= 0.3 is 0 Å². The van der Waals surface area contributed by atoms with Gasteiger partial charge in [0.1, 0.15) is 0 Å². The highest BCUT2D eigenvalue weighted by atomic mass is 35.5. The van der Waals surface area contributed by atoms with E-state index in [0.29, 0.717) is 25.6 Å². The van der Waals surface area contributed by atoms with Crippen LogP contribution in [0.3, 0.4) is 0 Å². The molecule has 0 aromatic heterocycles. The highest BCUT2D eigenvalue weighted by molar-refractivity contribution is 7.89. The van der Waals surface area contributed by atoms with Crippen LogP contribution >= 0.6 is 12.4 Å². The first-order valence-corrected chi connectivity index (χ1v) is 10.2. The summed E-state index contributed by atoms with van der Waals surface area (Å²) in [6.07, 6.45) is 1.05. The van der Waals surface area contributed by atoms with Gasteiger partial charge in [0.2, 0.25) is 15.9 Å². The standard InChI is InChI=1S/C18H29N3O3S.ClH/c1-14(2)15-4-6-16(7-5-15)25(23,24)20-10-8-17(22)21-11-9-18(3,12-19)13-21;/h4-7,14,20H,8-13,19H2,1-3H3;1H. The number of benzene rings is 1. The molecular formula is C18H30ClN3O3S. The fourth-order valence-electron chi connectivity index (χ4n) is 2.97. The maximum Gasteiger partial charge on any atom is 0.240 e. The zero-order valence-corrected chi connectivity index (χ0v) is 17.3. The van der Waals surface area contributed by atoms with Crippen LogP contribution in [0, 0.1) is 5.41 Å². The van der Waals surface area contributed by atoms with Crippen LogP contribution in [0.4, 0.5) is 0 Å². The molecule has 1 aromatic carbocycles. The number of carbonyl (C=O) groups excluding carboxylic acids is 1. The van der Waals surface area contributed by atoms with Crippen LogP contribution in [0.5, 0.6) is 0 Å². The SMILES string of the molecule is CC(C)c1ccc(S(=O)(=O)NCCC(=O)N2CCC(C)(CN)C2)cc1.Cl. The van der Waals surface area contributed by atoms with Crippen LogP contribution < -0.4 is 10.5 Å². The zero-order chi connectivity index (χ0) is 18.7. The molecule has 1 amide bonds. The number of carbonyl (C=O) groups is 1. The second-order valence-electron chi connectivity index (χ2n) is 7.45. The number of hydrogen-bond donors (Lipinski definition) is 2. The third-order valence-corrected chi connectivity index (χ3v) is 6.37. The number of amides is 1. The molecule has 6 nitrogen and oxygen atoms in total. The van der Waals surface area contributed by atoms with Gasteiger partial charge in [0.25, 0.3) is 0 Å². The molecule has 0 spiro atoms. The van der Waals surface area contributed by atoms with E-state index in [1.165, 1.54) is 0 Å². The number of hydrogen-bond acceptors (Lipinski definition) is 4. The summed E-state index contributed by atoms with van der Waals surface area (Å²) < 4.78 is 27.1. The lowest BCUT2D eigenvalue weighted by Gasteiger charge is -2.22. The normalized spacial score (nSPS) is 20.3.